The number of aromatic carboxylic acids is 1. The van der Waals surface area contributed by atoms with Crippen LogP contribution in [0.25, 0.3) is 0 Å². The third-order valence-electron chi connectivity index (χ3n) is 2.50. The van der Waals surface area contributed by atoms with E-state index in [4.69, 9.17) is 0 Å². The fourth-order valence-electron chi connectivity index (χ4n) is 1.59. The van der Waals surface area contributed by atoms with Crippen LogP contribution in [0.15, 0.2) is 43.9 Å². The summed E-state index contributed by atoms with van der Waals surface area (Å²) in [5.41, 5.74) is 0.313. The number of aromatic nitrogens is 1. The van der Waals surface area contributed by atoms with Crippen LogP contribution in [-0.2, 0) is 0 Å². The van der Waals surface area contributed by atoms with Gasteiger partial charge in [0.05, 0.1) is 11.3 Å². The van der Waals surface area contributed by atoms with E-state index in [0.717, 1.165) is 0 Å². The molecule has 1 aromatic heterocycles. The maximum Gasteiger partial charge on any atom is 0.337 e. The van der Waals surface area contributed by atoms with Gasteiger partial charge in [0.25, 0.3) is 5.91 Å². The molecule has 1 aromatic carbocycles. The second kappa shape index (κ2) is 6.67. The molecule has 0 fully saturated rings. The van der Waals surface area contributed by atoms with Crippen molar-refractivity contribution in [3.63, 3.8) is 0 Å². The van der Waals surface area contributed by atoms with Gasteiger partial charge in [0, 0.05) is 19.6 Å². The molecule has 108 valence electrons. The lowest BCUT2D eigenvalue weighted by molar-refractivity contribution is 0.0698. The Morgan fingerprint density at radius 1 is 1.14 bits per heavy atom. The topological polar surface area (TPSA) is 79.3 Å². The van der Waals surface area contributed by atoms with Crippen LogP contribution in [0.4, 0.5) is 5.69 Å². The first-order valence-corrected chi connectivity index (χ1v) is 7.92. The van der Waals surface area contributed by atoms with Crippen molar-refractivity contribution in [1.29, 1.82) is 0 Å². The summed E-state index contributed by atoms with van der Waals surface area (Å²) in [6, 6.07) is 6.42. The quantitative estimate of drug-likeness (QED) is 0.688. The molecule has 0 aliphatic rings. The fourth-order valence-corrected chi connectivity index (χ4v) is 3.35. The summed E-state index contributed by atoms with van der Waals surface area (Å²) in [5, 5.41) is 11.8. The number of pyridine rings is 1. The zero-order valence-corrected chi connectivity index (χ0v) is 15.0. The predicted molar refractivity (Wildman–Crippen MR) is 88.7 cm³/mol. The highest BCUT2D eigenvalue weighted by Crippen LogP contribution is 2.31. The number of rotatable bonds is 3. The van der Waals surface area contributed by atoms with Gasteiger partial charge < -0.3 is 10.4 Å². The molecule has 2 aromatic rings. The molecule has 0 saturated carbocycles. The number of carbonyl (C=O) groups excluding carboxylic acids is 1. The number of carboxylic acids is 1. The Labute approximate surface area is 145 Å². The minimum Gasteiger partial charge on any atom is -0.478 e. The van der Waals surface area contributed by atoms with Gasteiger partial charge in [-0.1, -0.05) is 15.9 Å². The Morgan fingerprint density at radius 3 is 2.48 bits per heavy atom. The van der Waals surface area contributed by atoms with Gasteiger partial charge in [0.2, 0.25) is 0 Å². The monoisotopic (exact) mass is 476 g/mol. The molecule has 21 heavy (non-hydrogen) atoms. The molecule has 8 heteroatoms. The number of hydrogen-bond acceptors (Lipinski definition) is 3. The van der Waals surface area contributed by atoms with Crippen LogP contribution in [0.5, 0.6) is 0 Å². The van der Waals surface area contributed by atoms with E-state index in [1.165, 1.54) is 12.3 Å². The van der Waals surface area contributed by atoms with E-state index >= 15 is 0 Å². The normalized spacial score (nSPS) is 10.2. The lowest BCUT2D eigenvalue weighted by atomic mass is 10.1. The first kappa shape index (κ1) is 16.1. The van der Waals surface area contributed by atoms with E-state index in [2.05, 4.69) is 58.1 Å². The van der Waals surface area contributed by atoms with Crippen LogP contribution in [-0.4, -0.2) is 22.0 Å². The lowest BCUT2D eigenvalue weighted by Crippen LogP contribution is -2.17. The number of anilines is 1. The molecule has 2 N–H and O–H groups in total. The van der Waals surface area contributed by atoms with Crippen molar-refractivity contribution in [1.82, 2.24) is 4.98 Å². The average Bonchev–Trinajstić information content (AvgIpc) is 2.41. The number of nitrogens with zero attached hydrogens (tertiary/aromatic N) is 1. The summed E-state index contributed by atoms with van der Waals surface area (Å²) in [6.07, 6.45) is 1.48. The highest BCUT2D eigenvalue weighted by Gasteiger charge is 2.19. The number of benzene rings is 1. The van der Waals surface area contributed by atoms with Crippen LogP contribution >= 0.6 is 47.8 Å². The summed E-state index contributed by atoms with van der Waals surface area (Å²) in [6.45, 7) is 0. The van der Waals surface area contributed by atoms with Gasteiger partial charge in [-0.25, -0.2) is 9.78 Å². The van der Waals surface area contributed by atoms with Crippen LogP contribution in [0.1, 0.15) is 20.8 Å². The minimum atomic E-state index is -1.15. The third-order valence-corrected chi connectivity index (χ3v) is 4.22. The molecular formula is C13H7Br3N2O3. The van der Waals surface area contributed by atoms with Crippen LogP contribution in [0.3, 0.4) is 0 Å². The van der Waals surface area contributed by atoms with E-state index < -0.39 is 11.9 Å². The molecule has 0 aliphatic heterocycles. The molecule has 0 spiro atoms. The van der Waals surface area contributed by atoms with E-state index in [1.54, 1.807) is 18.2 Å². The number of carboxylic acid groups (broad SMARTS) is 1. The van der Waals surface area contributed by atoms with Gasteiger partial charge >= 0.3 is 5.97 Å². The Hall–Kier alpha value is -1.25. The first-order chi connectivity index (χ1) is 9.90. The number of nitrogens with one attached hydrogen (secondary N) is 1. The van der Waals surface area contributed by atoms with Crippen molar-refractivity contribution in [3.05, 3.63) is 55.1 Å². The zero-order chi connectivity index (χ0) is 15.6. The number of halogens is 3. The van der Waals surface area contributed by atoms with Gasteiger partial charge in [-0.15, -0.1) is 0 Å². The summed E-state index contributed by atoms with van der Waals surface area (Å²) in [4.78, 5) is 27.5. The number of hydrogen-bond donors (Lipinski definition) is 2. The summed E-state index contributed by atoms with van der Waals surface area (Å²) >= 11 is 9.69. The molecule has 5 nitrogen and oxygen atoms in total. The Morgan fingerprint density at radius 2 is 1.86 bits per heavy atom. The zero-order valence-electron chi connectivity index (χ0n) is 10.2. The van der Waals surface area contributed by atoms with Crippen molar-refractivity contribution in [3.8, 4) is 0 Å². The van der Waals surface area contributed by atoms with E-state index in [0.29, 0.717) is 13.4 Å². The van der Waals surface area contributed by atoms with Crippen LogP contribution < -0.4 is 5.32 Å². The molecule has 0 unspecified atom stereocenters. The highest BCUT2D eigenvalue weighted by atomic mass is 79.9. The molecule has 0 atom stereocenters. The number of amides is 1. The SMILES string of the molecule is O=C(O)c1cc(Br)cc(Br)c1NC(=O)c1ncccc1Br. The molecule has 1 amide bonds. The highest BCUT2D eigenvalue weighted by molar-refractivity contribution is 9.11. The molecule has 0 saturated heterocycles. The maximum atomic E-state index is 12.2. The molecule has 0 bridgehead atoms. The largest absolute Gasteiger partial charge is 0.478 e. The Balaban J connectivity index is 2.42. The molecular weight excluding hydrogens is 472 g/mol. The second-order valence-corrected chi connectivity index (χ2v) is 6.53. The van der Waals surface area contributed by atoms with Crippen molar-refractivity contribution in [2.45, 2.75) is 0 Å². The second-order valence-electron chi connectivity index (χ2n) is 3.90. The van der Waals surface area contributed by atoms with E-state index in [-0.39, 0.29) is 16.9 Å². The molecule has 0 radical (unpaired) electrons. The van der Waals surface area contributed by atoms with Crippen molar-refractivity contribution < 1.29 is 14.7 Å². The van der Waals surface area contributed by atoms with Crippen molar-refractivity contribution in [2.75, 3.05) is 5.32 Å². The standard InChI is InChI=1S/C13H7Br3N2O3/c14-6-4-7(13(20)21)10(9(16)5-6)18-12(19)11-8(15)2-1-3-17-11/h1-5H,(H,18,19)(H,20,21). The molecule has 2 rings (SSSR count). The van der Waals surface area contributed by atoms with Crippen LogP contribution in [0, 0.1) is 0 Å². The van der Waals surface area contributed by atoms with E-state index in [1.807, 2.05) is 0 Å². The smallest absolute Gasteiger partial charge is 0.337 e. The maximum absolute atomic E-state index is 12.2. The molecule has 0 aliphatic carbocycles. The Kier molecular flexibility index (Phi) is 5.13. The van der Waals surface area contributed by atoms with E-state index in [9.17, 15) is 14.7 Å². The fraction of sp³-hybridized carbons (Fsp3) is 0. The predicted octanol–water partition coefficient (Wildman–Crippen LogP) is 4.32. The first-order valence-electron chi connectivity index (χ1n) is 5.54. The molecule has 1 heterocycles. The van der Waals surface area contributed by atoms with Gasteiger partial charge in [0.1, 0.15) is 5.69 Å². The minimum absolute atomic E-state index is 0.0309. The third kappa shape index (κ3) is 3.69. The van der Waals surface area contributed by atoms with Gasteiger partial charge in [0.15, 0.2) is 0 Å². The van der Waals surface area contributed by atoms with Crippen LogP contribution in [0.2, 0.25) is 0 Å². The van der Waals surface area contributed by atoms with Crippen molar-refractivity contribution in [2.24, 2.45) is 0 Å². The lowest BCUT2D eigenvalue weighted by Gasteiger charge is -2.11. The van der Waals surface area contributed by atoms with Gasteiger partial charge in [-0.3, -0.25) is 4.79 Å². The van der Waals surface area contributed by atoms with Gasteiger partial charge in [-0.05, 0) is 56.1 Å². The Bertz CT molecular complexity index is 735. The van der Waals surface area contributed by atoms with Gasteiger partial charge in [-0.2, -0.15) is 0 Å². The average molecular weight is 479 g/mol. The summed E-state index contributed by atoms with van der Waals surface area (Å²) in [5.74, 6) is -1.65. The number of carbonyl (C=O) groups is 2. The van der Waals surface area contributed by atoms with Crippen molar-refractivity contribution >= 4 is 65.4 Å². The summed E-state index contributed by atoms with van der Waals surface area (Å²) in [7, 11) is 0. The summed E-state index contributed by atoms with van der Waals surface area (Å²) < 4.78 is 1.56.